The lowest BCUT2D eigenvalue weighted by atomic mass is 10.0. The Labute approximate surface area is 197 Å². The van der Waals surface area contributed by atoms with E-state index in [-0.39, 0.29) is 5.56 Å². The van der Waals surface area contributed by atoms with Crippen molar-refractivity contribution >= 4 is 44.7 Å². The maximum atomic E-state index is 13.0. The zero-order valence-electron chi connectivity index (χ0n) is 17.9. The largest absolute Gasteiger partial charge is 0.309 e. The van der Waals surface area contributed by atoms with Crippen molar-refractivity contribution in [2.45, 2.75) is 38.2 Å². The van der Waals surface area contributed by atoms with Crippen LogP contribution in [-0.2, 0) is 12.3 Å². The number of H-pyrrole nitrogens is 1. The molecule has 0 saturated heterocycles. The van der Waals surface area contributed by atoms with Crippen LogP contribution in [0.25, 0.3) is 32.0 Å². The second-order valence-corrected chi connectivity index (χ2v) is 10.5. The Kier molecular flexibility index (Phi) is 5.71. The standard InChI is InChI=1S/C23H21N5OS3/c1-4-28-20(16-6-5-11-30-16)26-27-23(28)31-12-17-24-21(29)19-18(14(3)32-22(19)25-17)15-9-7-13(2)8-10-15/h5-11H,4,12H2,1-3H3,(H,24,25,29). The first-order valence-electron chi connectivity index (χ1n) is 10.2. The molecule has 0 aliphatic rings. The quantitative estimate of drug-likeness (QED) is 0.307. The third-order valence-electron chi connectivity index (χ3n) is 5.24. The van der Waals surface area contributed by atoms with Gasteiger partial charge in [0.15, 0.2) is 11.0 Å². The van der Waals surface area contributed by atoms with Gasteiger partial charge in [-0.15, -0.1) is 32.9 Å². The van der Waals surface area contributed by atoms with E-state index < -0.39 is 0 Å². The van der Waals surface area contributed by atoms with Gasteiger partial charge in [0.25, 0.3) is 5.56 Å². The van der Waals surface area contributed by atoms with Crippen molar-refractivity contribution in [1.82, 2.24) is 24.7 Å². The van der Waals surface area contributed by atoms with Crippen LogP contribution in [-0.4, -0.2) is 24.7 Å². The molecule has 0 bridgehead atoms. The summed E-state index contributed by atoms with van der Waals surface area (Å²) in [5.41, 5.74) is 3.12. The van der Waals surface area contributed by atoms with Crippen LogP contribution in [0, 0.1) is 13.8 Å². The molecule has 0 atom stereocenters. The fraction of sp³-hybridized carbons (Fsp3) is 0.217. The Morgan fingerprint density at radius 2 is 1.94 bits per heavy atom. The molecule has 4 aromatic heterocycles. The number of rotatable bonds is 6. The average Bonchev–Trinajstić information content (AvgIpc) is 3.51. The van der Waals surface area contributed by atoms with Crippen LogP contribution >= 0.6 is 34.4 Å². The number of fused-ring (bicyclic) bond motifs is 1. The molecule has 0 amide bonds. The van der Waals surface area contributed by atoms with Gasteiger partial charge < -0.3 is 9.55 Å². The topological polar surface area (TPSA) is 76.5 Å². The smallest absolute Gasteiger partial charge is 0.260 e. The molecule has 0 spiro atoms. The molecule has 6 nitrogen and oxygen atoms in total. The first-order chi connectivity index (χ1) is 15.5. The van der Waals surface area contributed by atoms with Gasteiger partial charge in [-0.1, -0.05) is 47.7 Å². The number of aryl methyl sites for hydroxylation is 2. The van der Waals surface area contributed by atoms with E-state index >= 15 is 0 Å². The molecule has 0 aliphatic carbocycles. The SMILES string of the molecule is CCn1c(SCc2nc3sc(C)c(-c4ccc(C)cc4)c3c(=O)[nH]2)nnc1-c1cccs1. The van der Waals surface area contributed by atoms with Crippen LogP contribution in [0.5, 0.6) is 0 Å². The maximum absolute atomic E-state index is 13.0. The number of aromatic nitrogens is 5. The lowest BCUT2D eigenvalue weighted by Crippen LogP contribution is -2.11. The van der Waals surface area contributed by atoms with E-state index in [4.69, 9.17) is 4.98 Å². The fourth-order valence-corrected chi connectivity index (χ4v) is 6.36. The van der Waals surface area contributed by atoms with Gasteiger partial charge in [0.2, 0.25) is 0 Å². The third-order valence-corrected chi connectivity index (χ3v) is 8.08. The molecule has 0 saturated carbocycles. The van der Waals surface area contributed by atoms with Gasteiger partial charge >= 0.3 is 0 Å². The van der Waals surface area contributed by atoms with E-state index in [1.807, 2.05) is 24.4 Å². The highest BCUT2D eigenvalue weighted by molar-refractivity contribution is 7.98. The molecule has 1 N–H and O–H groups in total. The maximum Gasteiger partial charge on any atom is 0.260 e. The number of nitrogens with one attached hydrogen (secondary N) is 1. The van der Waals surface area contributed by atoms with Gasteiger partial charge in [-0.05, 0) is 37.8 Å². The molecule has 5 aromatic rings. The van der Waals surface area contributed by atoms with Crippen LogP contribution in [0.1, 0.15) is 23.2 Å². The Morgan fingerprint density at radius 1 is 1.12 bits per heavy atom. The Morgan fingerprint density at radius 3 is 2.66 bits per heavy atom. The number of thioether (sulfide) groups is 1. The number of hydrogen-bond acceptors (Lipinski definition) is 7. The summed E-state index contributed by atoms with van der Waals surface area (Å²) >= 11 is 4.75. The highest BCUT2D eigenvalue weighted by atomic mass is 32.2. The van der Waals surface area contributed by atoms with E-state index in [2.05, 4.69) is 57.9 Å². The molecule has 4 heterocycles. The van der Waals surface area contributed by atoms with Gasteiger partial charge in [0.1, 0.15) is 10.7 Å². The molecule has 32 heavy (non-hydrogen) atoms. The predicted molar refractivity (Wildman–Crippen MR) is 134 cm³/mol. The summed E-state index contributed by atoms with van der Waals surface area (Å²) in [5.74, 6) is 2.04. The molecule has 0 fully saturated rings. The summed E-state index contributed by atoms with van der Waals surface area (Å²) in [6, 6.07) is 12.3. The zero-order valence-corrected chi connectivity index (χ0v) is 20.3. The second kappa shape index (κ2) is 8.65. The number of nitrogens with zero attached hydrogens (tertiary/aromatic N) is 4. The third kappa shape index (κ3) is 3.80. The van der Waals surface area contributed by atoms with Crippen molar-refractivity contribution in [2.24, 2.45) is 0 Å². The monoisotopic (exact) mass is 479 g/mol. The number of hydrogen-bond donors (Lipinski definition) is 1. The minimum absolute atomic E-state index is 0.0956. The second-order valence-electron chi connectivity index (χ2n) is 7.41. The van der Waals surface area contributed by atoms with Gasteiger partial charge in [0, 0.05) is 17.0 Å². The normalized spacial score (nSPS) is 11.5. The van der Waals surface area contributed by atoms with E-state index in [1.54, 1.807) is 22.7 Å². The molecule has 1 aromatic carbocycles. The van der Waals surface area contributed by atoms with Crippen LogP contribution in [0.3, 0.4) is 0 Å². The van der Waals surface area contributed by atoms with Crippen molar-refractivity contribution in [2.75, 3.05) is 0 Å². The summed E-state index contributed by atoms with van der Waals surface area (Å²) in [5, 5.41) is 12.3. The van der Waals surface area contributed by atoms with Crippen LogP contribution in [0.4, 0.5) is 0 Å². The van der Waals surface area contributed by atoms with E-state index in [9.17, 15) is 4.79 Å². The first kappa shape index (κ1) is 21.1. The summed E-state index contributed by atoms with van der Waals surface area (Å²) in [6.45, 7) is 6.96. The van der Waals surface area contributed by atoms with Crippen molar-refractivity contribution in [3.8, 4) is 21.8 Å². The molecule has 162 valence electrons. The highest BCUT2D eigenvalue weighted by Gasteiger charge is 2.18. The van der Waals surface area contributed by atoms with Crippen molar-refractivity contribution in [1.29, 1.82) is 0 Å². The Bertz CT molecular complexity index is 1450. The Balaban J connectivity index is 1.45. The van der Waals surface area contributed by atoms with Gasteiger partial charge in [0.05, 0.1) is 16.0 Å². The fourth-order valence-electron chi connectivity index (χ4n) is 3.70. The summed E-state index contributed by atoms with van der Waals surface area (Å²) in [4.78, 5) is 23.8. The molecule has 0 aliphatic heterocycles. The molecular weight excluding hydrogens is 458 g/mol. The van der Waals surface area contributed by atoms with Crippen molar-refractivity contribution in [3.63, 3.8) is 0 Å². The van der Waals surface area contributed by atoms with Gasteiger partial charge in [-0.2, -0.15) is 0 Å². The lowest BCUT2D eigenvalue weighted by Gasteiger charge is -2.06. The molecule has 0 unspecified atom stereocenters. The molecule has 0 radical (unpaired) electrons. The molecule has 5 rings (SSSR count). The van der Waals surface area contributed by atoms with E-state index in [0.29, 0.717) is 17.0 Å². The molecular formula is C23H21N5OS3. The Hall–Kier alpha value is -2.75. The van der Waals surface area contributed by atoms with Crippen LogP contribution in [0.15, 0.2) is 51.7 Å². The van der Waals surface area contributed by atoms with Crippen LogP contribution in [0.2, 0.25) is 0 Å². The lowest BCUT2D eigenvalue weighted by molar-refractivity contribution is 0.687. The highest BCUT2D eigenvalue weighted by Crippen LogP contribution is 2.36. The summed E-state index contributed by atoms with van der Waals surface area (Å²) in [7, 11) is 0. The van der Waals surface area contributed by atoms with Crippen LogP contribution < -0.4 is 5.56 Å². The number of benzene rings is 1. The minimum Gasteiger partial charge on any atom is -0.309 e. The summed E-state index contributed by atoms with van der Waals surface area (Å²) in [6.07, 6.45) is 0. The minimum atomic E-state index is -0.0956. The number of aromatic amines is 1. The molecule has 9 heteroatoms. The van der Waals surface area contributed by atoms with Gasteiger partial charge in [-0.3, -0.25) is 4.79 Å². The number of thiophene rings is 2. The zero-order chi connectivity index (χ0) is 22.2. The predicted octanol–water partition coefficient (Wildman–Crippen LogP) is 5.90. The van der Waals surface area contributed by atoms with Crippen molar-refractivity contribution in [3.05, 3.63) is 68.4 Å². The van der Waals surface area contributed by atoms with E-state index in [0.717, 1.165) is 43.2 Å². The average molecular weight is 480 g/mol. The summed E-state index contributed by atoms with van der Waals surface area (Å²) < 4.78 is 2.10. The first-order valence-corrected chi connectivity index (χ1v) is 12.9. The van der Waals surface area contributed by atoms with Crippen molar-refractivity contribution < 1.29 is 0 Å². The van der Waals surface area contributed by atoms with E-state index in [1.165, 1.54) is 17.3 Å². The van der Waals surface area contributed by atoms with Gasteiger partial charge in [-0.25, -0.2) is 4.98 Å².